The number of rotatable bonds is 4. The third kappa shape index (κ3) is 3.38. The number of aromatic nitrogens is 3. The van der Waals surface area contributed by atoms with E-state index in [4.69, 9.17) is 0 Å². The van der Waals surface area contributed by atoms with Crippen molar-refractivity contribution in [2.45, 2.75) is 16.6 Å². The molecule has 1 heterocycles. The number of benzene rings is 1. The van der Waals surface area contributed by atoms with Crippen LogP contribution in [0.2, 0.25) is 0 Å². The summed E-state index contributed by atoms with van der Waals surface area (Å²) in [5.74, 6) is 0. The number of hydrogen-bond donors (Lipinski definition) is 2. The predicted molar refractivity (Wildman–Crippen MR) is 81.1 cm³/mol. The summed E-state index contributed by atoms with van der Waals surface area (Å²) in [5, 5.41) is 5.92. The van der Waals surface area contributed by atoms with Gasteiger partial charge in [-0.05, 0) is 52.4 Å². The first-order chi connectivity index (χ1) is 9.51. The number of H-pyrrole nitrogens is 1. The van der Waals surface area contributed by atoms with Crippen LogP contribution in [0, 0.1) is 0 Å². The zero-order chi connectivity index (χ0) is 14.7. The topological polar surface area (TPSA) is 79.8 Å². The van der Waals surface area contributed by atoms with E-state index in [0.29, 0.717) is 5.16 Å². The normalized spacial score (nSPS) is 10.8. The molecule has 0 saturated carbocycles. The molecule has 2 N–H and O–H groups in total. The summed E-state index contributed by atoms with van der Waals surface area (Å²) in [5.41, 5.74) is -0.360. The second-order valence-corrected chi connectivity index (χ2v) is 5.96. The quantitative estimate of drug-likeness (QED) is 0.802. The molecule has 0 aliphatic rings. The zero-order valence-electron chi connectivity index (χ0n) is 10.9. The van der Waals surface area contributed by atoms with Crippen LogP contribution in [0.1, 0.15) is 5.56 Å². The van der Waals surface area contributed by atoms with Gasteiger partial charge in [0.15, 0.2) is 5.16 Å². The molecule has 0 radical (unpaired) electrons. The molecule has 2 rings (SSSR count). The number of aromatic amines is 1. The van der Waals surface area contributed by atoms with Crippen molar-refractivity contribution in [3.63, 3.8) is 0 Å². The van der Waals surface area contributed by atoms with Gasteiger partial charge in [0.1, 0.15) is 0 Å². The van der Waals surface area contributed by atoms with E-state index >= 15 is 0 Å². The van der Waals surface area contributed by atoms with Crippen LogP contribution in [0.25, 0.3) is 0 Å². The third-order valence-electron chi connectivity index (χ3n) is 2.53. The average Bonchev–Trinajstić information content (AvgIpc) is 2.39. The standard InChI is InChI=1S/C12H13BrN4O2S/c1-14-6-7-3-4-9(8(13)5-7)20-12-15-10(18)11(19)16-17(12)2/h3-5,14H,6H2,1-2H3,(H,16,19). The van der Waals surface area contributed by atoms with Crippen molar-refractivity contribution in [1.29, 1.82) is 0 Å². The SMILES string of the molecule is CNCc1ccc(Sc2nc(=O)c(=O)[nH]n2C)c(Br)c1. The highest BCUT2D eigenvalue weighted by atomic mass is 79.9. The van der Waals surface area contributed by atoms with Gasteiger partial charge in [0, 0.05) is 23.0 Å². The molecule has 0 spiro atoms. The van der Waals surface area contributed by atoms with Crippen molar-refractivity contribution >= 4 is 27.7 Å². The molecule has 0 aliphatic heterocycles. The number of aryl methyl sites for hydroxylation is 1. The van der Waals surface area contributed by atoms with Crippen LogP contribution < -0.4 is 16.4 Å². The Kier molecular flexibility index (Phi) is 4.79. The lowest BCUT2D eigenvalue weighted by Crippen LogP contribution is -2.33. The Morgan fingerprint density at radius 3 is 2.85 bits per heavy atom. The van der Waals surface area contributed by atoms with Crippen molar-refractivity contribution in [2.24, 2.45) is 7.05 Å². The van der Waals surface area contributed by atoms with Gasteiger partial charge in [-0.2, -0.15) is 4.98 Å². The highest BCUT2D eigenvalue weighted by Crippen LogP contribution is 2.32. The second kappa shape index (κ2) is 6.38. The first-order valence-corrected chi connectivity index (χ1v) is 7.40. The molecule has 0 saturated heterocycles. The largest absolute Gasteiger partial charge is 0.339 e. The van der Waals surface area contributed by atoms with Crippen molar-refractivity contribution in [1.82, 2.24) is 20.1 Å². The highest BCUT2D eigenvalue weighted by molar-refractivity contribution is 9.10. The lowest BCUT2D eigenvalue weighted by molar-refractivity contribution is 0.596. The molecule has 0 amide bonds. The van der Waals surface area contributed by atoms with E-state index in [1.54, 1.807) is 7.05 Å². The van der Waals surface area contributed by atoms with E-state index in [0.717, 1.165) is 21.5 Å². The molecule has 8 heteroatoms. The minimum absolute atomic E-state index is 0.427. The fraction of sp³-hybridized carbons (Fsp3) is 0.250. The molecule has 1 aromatic heterocycles. The van der Waals surface area contributed by atoms with Gasteiger partial charge in [0.05, 0.1) is 0 Å². The van der Waals surface area contributed by atoms with Gasteiger partial charge in [-0.3, -0.25) is 19.4 Å². The molecular weight excluding hydrogens is 344 g/mol. The number of nitrogens with zero attached hydrogens (tertiary/aromatic N) is 2. The molecule has 106 valence electrons. The number of hydrogen-bond acceptors (Lipinski definition) is 5. The van der Waals surface area contributed by atoms with Crippen LogP contribution in [0.4, 0.5) is 0 Å². The van der Waals surface area contributed by atoms with Crippen LogP contribution in [0.3, 0.4) is 0 Å². The monoisotopic (exact) mass is 356 g/mol. The van der Waals surface area contributed by atoms with Gasteiger partial charge < -0.3 is 5.32 Å². The van der Waals surface area contributed by atoms with E-state index in [2.05, 4.69) is 31.3 Å². The molecule has 20 heavy (non-hydrogen) atoms. The molecule has 2 aromatic rings. The Balaban J connectivity index is 2.33. The first-order valence-electron chi connectivity index (χ1n) is 5.79. The maximum Gasteiger partial charge on any atom is 0.339 e. The summed E-state index contributed by atoms with van der Waals surface area (Å²) >= 11 is 4.80. The van der Waals surface area contributed by atoms with Gasteiger partial charge in [-0.25, -0.2) is 0 Å². The smallest absolute Gasteiger partial charge is 0.316 e. The summed E-state index contributed by atoms with van der Waals surface area (Å²) in [6.07, 6.45) is 0. The molecule has 0 bridgehead atoms. The summed E-state index contributed by atoms with van der Waals surface area (Å²) < 4.78 is 2.35. The van der Waals surface area contributed by atoms with E-state index in [1.165, 1.54) is 16.4 Å². The highest BCUT2D eigenvalue weighted by Gasteiger charge is 2.09. The Morgan fingerprint density at radius 1 is 1.45 bits per heavy atom. The maximum absolute atomic E-state index is 11.3. The van der Waals surface area contributed by atoms with Crippen LogP contribution in [0.15, 0.2) is 42.3 Å². The molecule has 0 aliphatic carbocycles. The molecule has 6 nitrogen and oxygen atoms in total. The Hall–Kier alpha value is -1.38. The Bertz CT molecular complexity index is 741. The van der Waals surface area contributed by atoms with Crippen molar-refractivity contribution in [3.05, 3.63) is 48.9 Å². The minimum Gasteiger partial charge on any atom is -0.316 e. The fourth-order valence-corrected chi connectivity index (χ4v) is 3.06. The predicted octanol–water partition coefficient (Wildman–Crippen LogP) is 1.10. The molecule has 0 unspecified atom stereocenters. The first kappa shape index (κ1) is 15.0. The molecule has 0 atom stereocenters. The molecule has 0 fully saturated rings. The summed E-state index contributed by atoms with van der Waals surface area (Å²) in [6.45, 7) is 0.777. The van der Waals surface area contributed by atoms with E-state index in [1.807, 2.05) is 25.2 Å². The van der Waals surface area contributed by atoms with E-state index in [-0.39, 0.29) is 0 Å². The third-order valence-corrected chi connectivity index (χ3v) is 4.57. The van der Waals surface area contributed by atoms with Crippen molar-refractivity contribution in [2.75, 3.05) is 7.05 Å². The van der Waals surface area contributed by atoms with Crippen LogP contribution in [0.5, 0.6) is 0 Å². The summed E-state index contributed by atoms with van der Waals surface area (Å²) in [4.78, 5) is 27.1. The lowest BCUT2D eigenvalue weighted by atomic mass is 10.2. The van der Waals surface area contributed by atoms with Crippen molar-refractivity contribution in [3.8, 4) is 0 Å². The number of halogens is 1. The lowest BCUT2D eigenvalue weighted by Gasteiger charge is -2.08. The van der Waals surface area contributed by atoms with Gasteiger partial charge in [-0.1, -0.05) is 6.07 Å². The van der Waals surface area contributed by atoms with E-state index < -0.39 is 11.1 Å². The maximum atomic E-state index is 11.3. The zero-order valence-corrected chi connectivity index (χ0v) is 13.3. The van der Waals surface area contributed by atoms with Crippen LogP contribution in [-0.2, 0) is 13.6 Å². The molecular formula is C12H13BrN4O2S. The minimum atomic E-state index is -0.784. The summed E-state index contributed by atoms with van der Waals surface area (Å²) in [7, 11) is 3.52. The van der Waals surface area contributed by atoms with Crippen LogP contribution >= 0.6 is 27.7 Å². The molecule has 1 aromatic carbocycles. The van der Waals surface area contributed by atoms with E-state index in [9.17, 15) is 9.59 Å². The second-order valence-electron chi connectivity index (χ2n) is 4.10. The Labute approximate surface area is 127 Å². The average molecular weight is 357 g/mol. The van der Waals surface area contributed by atoms with Gasteiger partial charge in [0.25, 0.3) is 0 Å². The fourth-order valence-electron chi connectivity index (χ4n) is 1.59. The van der Waals surface area contributed by atoms with Crippen LogP contribution in [-0.4, -0.2) is 21.8 Å². The number of nitrogens with one attached hydrogen (secondary N) is 2. The Morgan fingerprint density at radius 2 is 2.20 bits per heavy atom. The van der Waals surface area contributed by atoms with Gasteiger partial charge >= 0.3 is 11.1 Å². The van der Waals surface area contributed by atoms with Gasteiger partial charge in [0.2, 0.25) is 0 Å². The van der Waals surface area contributed by atoms with Crippen molar-refractivity contribution < 1.29 is 0 Å². The van der Waals surface area contributed by atoms with Gasteiger partial charge in [-0.15, -0.1) is 0 Å². The summed E-state index contributed by atoms with van der Waals surface area (Å²) in [6, 6.07) is 5.94.